The van der Waals surface area contributed by atoms with Crippen molar-refractivity contribution in [1.82, 2.24) is 39.6 Å². The molecule has 1 saturated heterocycles. The number of halogens is 1. The van der Waals surface area contributed by atoms with Crippen molar-refractivity contribution in [2.45, 2.75) is 134 Å². The van der Waals surface area contributed by atoms with Gasteiger partial charge in [0.15, 0.2) is 5.82 Å². The highest BCUT2D eigenvalue weighted by molar-refractivity contribution is 6.00. The Bertz CT molecular complexity index is 2460. The van der Waals surface area contributed by atoms with Crippen LogP contribution in [-0.4, -0.2) is 78.2 Å². The lowest BCUT2D eigenvalue weighted by atomic mass is 9.92. The van der Waals surface area contributed by atoms with Crippen molar-refractivity contribution in [2.24, 2.45) is 5.92 Å². The first-order valence-corrected chi connectivity index (χ1v) is 21.6. The predicted octanol–water partition coefficient (Wildman–Crippen LogP) is 8.32. The fraction of sp³-hybridized carbons (Fsp3) is 0.522. The molecule has 0 radical (unpaired) electrons. The average Bonchev–Trinajstić information content (AvgIpc) is 3.70. The van der Waals surface area contributed by atoms with Crippen molar-refractivity contribution in [3.63, 3.8) is 0 Å². The molecule has 9 rings (SSSR count). The number of alkyl halides is 1. The van der Waals surface area contributed by atoms with Gasteiger partial charge in [-0.2, -0.15) is 0 Å². The zero-order valence-electron chi connectivity index (χ0n) is 35.2. The van der Waals surface area contributed by atoms with E-state index in [1.807, 2.05) is 56.9 Å². The Hall–Kier alpha value is -5.53. The van der Waals surface area contributed by atoms with Gasteiger partial charge < -0.3 is 34.1 Å². The number of alkyl carbamates (subject to hydrolysis) is 1. The van der Waals surface area contributed by atoms with Crippen molar-refractivity contribution < 1.29 is 28.2 Å². The lowest BCUT2D eigenvalue weighted by Gasteiger charge is -2.39. The molecular weight excluding hydrogens is 764 g/mol. The van der Waals surface area contributed by atoms with E-state index in [-0.39, 0.29) is 36.1 Å². The van der Waals surface area contributed by atoms with E-state index in [9.17, 15) is 14.4 Å². The first-order chi connectivity index (χ1) is 28.8. The fourth-order valence-corrected chi connectivity index (χ4v) is 9.66. The van der Waals surface area contributed by atoms with E-state index in [2.05, 4.69) is 30.8 Å². The number of amides is 3. The molecule has 2 saturated carbocycles. The second-order valence-corrected chi connectivity index (χ2v) is 18.2. The molecule has 4 bridgehead atoms. The zero-order valence-corrected chi connectivity index (χ0v) is 35.2. The molecule has 316 valence electrons. The van der Waals surface area contributed by atoms with E-state index in [4.69, 9.17) is 19.4 Å². The number of nitrogens with one attached hydrogen (secondary N) is 2. The molecule has 3 amide bonds. The van der Waals surface area contributed by atoms with Gasteiger partial charge in [-0.25, -0.2) is 19.2 Å². The van der Waals surface area contributed by atoms with Crippen LogP contribution in [0.1, 0.15) is 126 Å². The smallest absolute Gasteiger partial charge is 0.407 e. The molecule has 5 atom stereocenters. The minimum Gasteiger partial charge on any atom is -0.494 e. The van der Waals surface area contributed by atoms with E-state index >= 15 is 4.39 Å². The molecule has 4 aliphatic rings. The highest BCUT2D eigenvalue weighted by Gasteiger charge is 2.45. The SMILES string of the molecule is COc1cc(C(=O)N2C[C@H](NC(=O)OC(C)(C)C)[C@@H]3CC[C@H]2C3)cc2nc(-c3cc4ccc5nc4n3CCCCCC[C@@](F)(c3ccccn3)C(=O)N[C@@H]5C)n(C3CC3)c12. The molecule has 3 fully saturated rings. The number of hydrogen-bond donors (Lipinski definition) is 2. The second kappa shape index (κ2) is 15.5. The van der Waals surface area contributed by atoms with Gasteiger partial charge in [-0.15, -0.1) is 0 Å². The Kier molecular flexibility index (Phi) is 10.3. The Balaban J connectivity index is 1.07. The molecule has 5 aromatic rings. The number of piperidine rings is 1. The summed E-state index contributed by atoms with van der Waals surface area (Å²) in [6.07, 6.45) is 8.69. The van der Waals surface area contributed by atoms with Crippen molar-refractivity contribution in [1.29, 1.82) is 0 Å². The van der Waals surface area contributed by atoms with Crippen molar-refractivity contribution in [2.75, 3.05) is 13.7 Å². The van der Waals surface area contributed by atoms with Crippen LogP contribution in [0.4, 0.5) is 9.18 Å². The number of nitrogens with zero attached hydrogens (tertiary/aromatic N) is 6. The number of pyridine rings is 2. The maximum atomic E-state index is 16.7. The number of likely N-dealkylation sites (tertiary alicyclic amines) is 1. The molecule has 60 heavy (non-hydrogen) atoms. The van der Waals surface area contributed by atoms with E-state index in [0.29, 0.717) is 48.0 Å². The third kappa shape index (κ3) is 7.46. The molecular formula is C46H55FN8O5. The summed E-state index contributed by atoms with van der Waals surface area (Å²) in [5, 5.41) is 6.92. The zero-order chi connectivity index (χ0) is 41.9. The maximum absolute atomic E-state index is 16.7. The Morgan fingerprint density at radius 2 is 1.78 bits per heavy atom. The highest BCUT2D eigenvalue weighted by atomic mass is 19.1. The molecule has 6 heterocycles. The number of ether oxygens (including phenoxy) is 2. The van der Waals surface area contributed by atoms with Crippen molar-refractivity contribution in [3.05, 3.63) is 71.7 Å². The Morgan fingerprint density at radius 3 is 2.53 bits per heavy atom. The molecule has 2 aliphatic heterocycles. The number of aromatic nitrogens is 5. The number of fused-ring (bicyclic) bond motifs is 4. The normalized spacial score (nSPS) is 25.0. The standard InChI is InChI=1S/C46H55FN8O5/c1-27-33-18-14-29-24-36(53(40(29)50-33)21-11-7-6-9-19-46(47,43(57)49-27)38-12-8-10-20-48-38)41-51-34-23-30(25-37(59-5)39(34)55(41)31-16-17-31)42(56)54-26-35(28-13-15-32(54)22-28)52-44(58)60-45(2,3)4/h8,10,12,14,18,20,23-25,27-28,31-32,35H,6-7,9,11,13,15-17,19,21-22,26H2,1-5H3,(H,49,57)(H,52,58)/t27-,28-,32+,35+,46-/m1/s1. The summed E-state index contributed by atoms with van der Waals surface area (Å²) in [4.78, 5) is 57.6. The predicted molar refractivity (Wildman–Crippen MR) is 225 cm³/mol. The van der Waals surface area contributed by atoms with E-state index in [1.165, 1.54) is 6.20 Å². The molecule has 2 aliphatic carbocycles. The number of imidazole rings is 1. The topological polar surface area (TPSA) is 146 Å². The second-order valence-electron chi connectivity index (χ2n) is 18.2. The van der Waals surface area contributed by atoms with Gasteiger partial charge in [0, 0.05) is 42.3 Å². The van der Waals surface area contributed by atoms with Crippen LogP contribution >= 0.6 is 0 Å². The number of methoxy groups -OCH3 is 1. The van der Waals surface area contributed by atoms with Gasteiger partial charge in [0.25, 0.3) is 11.8 Å². The van der Waals surface area contributed by atoms with Crippen LogP contribution in [0.15, 0.2) is 54.7 Å². The molecule has 0 spiro atoms. The molecule has 2 N–H and O–H groups in total. The maximum Gasteiger partial charge on any atom is 0.407 e. The van der Waals surface area contributed by atoms with Crippen LogP contribution in [0.25, 0.3) is 33.6 Å². The molecule has 13 nitrogen and oxygen atoms in total. The summed E-state index contributed by atoms with van der Waals surface area (Å²) in [5.41, 5.74) is 1.58. The van der Waals surface area contributed by atoms with Crippen LogP contribution in [0, 0.1) is 5.92 Å². The van der Waals surface area contributed by atoms with Gasteiger partial charge in [-0.05, 0) is 127 Å². The van der Waals surface area contributed by atoms with Gasteiger partial charge in [-0.3, -0.25) is 14.6 Å². The van der Waals surface area contributed by atoms with Crippen LogP contribution < -0.4 is 15.4 Å². The first-order valence-electron chi connectivity index (χ1n) is 21.6. The van der Waals surface area contributed by atoms with Gasteiger partial charge >= 0.3 is 6.09 Å². The molecule has 1 aromatic carbocycles. The third-order valence-electron chi connectivity index (χ3n) is 12.8. The van der Waals surface area contributed by atoms with Crippen molar-refractivity contribution in [3.8, 4) is 17.3 Å². The highest BCUT2D eigenvalue weighted by Crippen LogP contribution is 2.46. The van der Waals surface area contributed by atoms with E-state index < -0.39 is 29.3 Å². The average molecular weight is 819 g/mol. The minimum atomic E-state index is -2.25. The Labute approximate surface area is 349 Å². The fourth-order valence-electron chi connectivity index (χ4n) is 9.66. The van der Waals surface area contributed by atoms with Crippen LogP contribution in [0.5, 0.6) is 5.75 Å². The molecule has 4 aromatic heterocycles. The number of carbonyl (C=O) groups excluding carboxylic acids is 3. The Morgan fingerprint density at radius 1 is 0.983 bits per heavy atom. The number of benzene rings is 1. The molecule has 14 heteroatoms. The number of carbonyl (C=O) groups is 3. The van der Waals surface area contributed by atoms with E-state index in [1.54, 1.807) is 25.3 Å². The van der Waals surface area contributed by atoms with Gasteiger partial charge in [0.1, 0.15) is 22.5 Å². The summed E-state index contributed by atoms with van der Waals surface area (Å²) in [7, 11) is 1.64. The molecule has 0 unspecified atom stereocenters. The largest absolute Gasteiger partial charge is 0.494 e. The van der Waals surface area contributed by atoms with Crippen molar-refractivity contribution >= 4 is 40.0 Å². The number of rotatable bonds is 6. The van der Waals surface area contributed by atoms with Gasteiger partial charge in [0.05, 0.1) is 41.8 Å². The monoisotopic (exact) mass is 818 g/mol. The summed E-state index contributed by atoms with van der Waals surface area (Å²) >= 11 is 0. The summed E-state index contributed by atoms with van der Waals surface area (Å²) in [6.45, 7) is 8.44. The number of hydrogen-bond acceptors (Lipinski definition) is 8. The number of aryl methyl sites for hydroxylation is 1. The summed E-state index contributed by atoms with van der Waals surface area (Å²) < 4.78 is 32.8. The quantitative estimate of drug-likeness (QED) is 0.174. The lowest BCUT2D eigenvalue weighted by Crippen LogP contribution is -2.55. The summed E-state index contributed by atoms with van der Waals surface area (Å²) in [6, 6.07) is 14.3. The van der Waals surface area contributed by atoms with Crippen LogP contribution in [-0.2, 0) is 21.7 Å². The van der Waals surface area contributed by atoms with Crippen LogP contribution in [0.3, 0.4) is 0 Å². The van der Waals surface area contributed by atoms with Gasteiger partial charge in [-0.1, -0.05) is 18.9 Å². The van der Waals surface area contributed by atoms with E-state index in [0.717, 1.165) is 79.4 Å². The van der Waals surface area contributed by atoms with Crippen LogP contribution in [0.2, 0.25) is 0 Å². The third-order valence-corrected chi connectivity index (χ3v) is 12.8. The van der Waals surface area contributed by atoms with Gasteiger partial charge in [0.2, 0.25) is 5.67 Å². The minimum absolute atomic E-state index is 0.0370. The summed E-state index contributed by atoms with van der Waals surface area (Å²) in [5.74, 6) is 0.849. The first kappa shape index (κ1) is 39.9. The lowest BCUT2D eigenvalue weighted by molar-refractivity contribution is -0.135.